The van der Waals surface area contributed by atoms with Gasteiger partial charge in [-0.05, 0) is 37.5 Å². The summed E-state index contributed by atoms with van der Waals surface area (Å²) in [7, 11) is 4.06. The zero-order valence-corrected chi connectivity index (χ0v) is 17.7. The molecule has 0 spiro atoms. The monoisotopic (exact) mass is 459 g/mol. The van der Waals surface area contributed by atoms with E-state index in [0.717, 1.165) is 25.3 Å². The third-order valence-corrected chi connectivity index (χ3v) is 3.86. The zero-order valence-electron chi connectivity index (χ0n) is 15.3. The highest BCUT2D eigenvalue weighted by atomic mass is 127. The molecular weight excluding hydrogens is 429 g/mol. The second-order valence-electron chi connectivity index (χ2n) is 6.25. The number of anilines is 1. The standard InChI is InChI=1S/C18H29N5O.HI/c1-4-19-18(21-11-10-20-17(24)15-8-9-15)22-13-14-6-5-7-16(12-14)23(2)3;/h5-7,12,15H,4,8-11,13H2,1-3H3,(H,20,24)(H2,19,21,22);1H. The highest BCUT2D eigenvalue weighted by Crippen LogP contribution is 2.28. The molecule has 2 rings (SSSR count). The van der Waals surface area contributed by atoms with Crippen molar-refractivity contribution in [3.63, 3.8) is 0 Å². The number of aliphatic imine (C=N–C) groups is 1. The summed E-state index contributed by atoms with van der Waals surface area (Å²) >= 11 is 0. The molecule has 1 saturated carbocycles. The molecule has 3 N–H and O–H groups in total. The first-order valence-corrected chi connectivity index (χ1v) is 8.66. The number of hydrogen-bond acceptors (Lipinski definition) is 3. The fourth-order valence-electron chi connectivity index (χ4n) is 2.30. The first-order chi connectivity index (χ1) is 11.6. The Kier molecular flexibility index (Phi) is 9.62. The van der Waals surface area contributed by atoms with Crippen LogP contribution in [0.4, 0.5) is 5.69 Å². The van der Waals surface area contributed by atoms with Crippen molar-refractivity contribution in [1.82, 2.24) is 16.0 Å². The summed E-state index contributed by atoms with van der Waals surface area (Å²) < 4.78 is 0. The van der Waals surface area contributed by atoms with E-state index in [1.54, 1.807) is 0 Å². The molecule has 1 aliphatic carbocycles. The van der Waals surface area contributed by atoms with Gasteiger partial charge in [0.2, 0.25) is 5.91 Å². The van der Waals surface area contributed by atoms with E-state index in [2.05, 4.69) is 44.0 Å². The van der Waals surface area contributed by atoms with Gasteiger partial charge in [-0.1, -0.05) is 12.1 Å². The smallest absolute Gasteiger partial charge is 0.223 e. The van der Waals surface area contributed by atoms with E-state index in [1.807, 2.05) is 27.1 Å². The van der Waals surface area contributed by atoms with Crippen molar-refractivity contribution in [2.45, 2.75) is 26.3 Å². The van der Waals surface area contributed by atoms with Gasteiger partial charge in [0.25, 0.3) is 0 Å². The van der Waals surface area contributed by atoms with Crippen molar-refractivity contribution in [1.29, 1.82) is 0 Å². The number of halogens is 1. The minimum absolute atomic E-state index is 0. The molecule has 0 aromatic heterocycles. The molecule has 1 aromatic rings. The number of benzene rings is 1. The van der Waals surface area contributed by atoms with Crippen LogP contribution in [-0.2, 0) is 11.3 Å². The maximum atomic E-state index is 11.6. The molecule has 6 nitrogen and oxygen atoms in total. The molecule has 0 heterocycles. The third kappa shape index (κ3) is 7.94. The molecule has 1 amide bonds. The number of rotatable bonds is 8. The number of guanidine groups is 1. The molecule has 1 fully saturated rings. The van der Waals surface area contributed by atoms with E-state index in [0.29, 0.717) is 19.6 Å². The second-order valence-corrected chi connectivity index (χ2v) is 6.25. The first kappa shape index (κ1) is 21.5. The van der Waals surface area contributed by atoms with Crippen molar-refractivity contribution in [2.75, 3.05) is 38.6 Å². The zero-order chi connectivity index (χ0) is 17.4. The van der Waals surface area contributed by atoms with Crippen molar-refractivity contribution < 1.29 is 4.79 Å². The molecule has 1 aromatic carbocycles. The molecule has 0 saturated heterocycles. The van der Waals surface area contributed by atoms with Crippen LogP contribution in [0.1, 0.15) is 25.3 Å². The Hall–Kier alpha value is -1.51. The summed E-state index contributed by atoms with van der Waals surface area (Å²) in [5.41, 5.74) is 2.34. The summed E-state index contributed by atoms with van der Waals surface area (Å²) in [6.45, 7) is 4.75. The van der Waals surface area contributed by atoms with E-state index in [9.17, 15) is 4.79 Å². The summed E-state index contributed by atoms with van der Waals surface area (Å²) in [6, 6.07) is 8.35. The molecule has 25 heavy (non-hydrogen) atoms. The highest BCUT2D eigenvalue weighted by Gasteiger charge is 2.28. The van der Waals surface area contributed by atoms with Crippen LogP contribution in [0.5, 0.6) is 0 Å². The molecule has 0 unspecified atom stereocenters. The summed E-state index contributed by atoms with van der Waals surface area (Å²) in [6.07, 6.45) is 2.07. The maximum Gasteiger partial charge on any atom is 0.223 e. The van der Waals surface area contributed by atoms with Gasteiger partial charge in [-0.3, -0.25) is 4.79 Å². The Morgan fingerprint density at radius 3 is 2.56 bits per heavy atom. The molecule has 7 heteroatoms. The Morgan fingerprint density at radius 1 is 1.20 bits per heavy atom. The van der Waals surface area contributed by atoms with Gasteiger partial charge >= 0.3 is 0 Å². The molecule has 0 radical (unpaired) electrons. The molecule has 0 aliphatic heterocycles. The third-order valence-electron chi connectivity index (χ3n) is 3.86. The number of hydrogen-bond donors (Lipinski definition) is 3. The summed E-state index contributed by atoms with van der Waals surface area (Å²) in [5, 5.41) is 9.43. The number of carbonyl (C=O) groups is 1. The van der Waals surface area contributed by atoms with Gasteiger partial charge in [-0.25, -0.2) is 4.99 Å². The summed E-state index contributed by atoms with van der Waals surface area (Å²) in [4.78, 5) is 18.3. The number of nitrogens with one attached hydrogen (secondary N) is 3. The van der Waals surface area contributed by atoms with Gasteiger partial charge in [0.1, 0.15) is 0 Å². The minimum Gasteiger partial charge on any atom is -0.378 e. The van der Waals surface area contributed by atoms with Crippen LogP contribution in [0.2, 0.25) is 0 Å². The van der Waals surface area contributed by atoms with Gasteiger partial charge in [0, 0.05) is 45.3 Å². The number of nitrogens with zero attached hydrogens (tertiary/aromatic N) is 2. The van der Waals surface area contributed by atoms with E-state index in [1.165, 1.54) is 11.3 Å². The maximum absolute atomic E-state index is 11.6. The minimum atomic E-state index is 0. The topological polar surface area (TPSA) is 68.8 Å². The first-order valence-electron chi connectivity index (χ1n) is 8.66. The molecule has 1 aliphatic rings. The van der Waals surface area contributed by atoms with Crippen LogP contribution in [0.3, 0.4) is 0 Å². The lowest BCUT2D eigenvalue weighted by atomic mass is 10.2. The van der Waals surface area contributed by atoms with E-state index in [4.69, 9.17) is 0 Å². The van der Waals surface area contributed by atoms with Crippen molar-refractivity contribution in [3.8, 4) is 0 Å². The second kappa shape index (κ2) is 11.2. The molecule has 0 atom stereocenters. The van der Waals surface area contributed by atoms with Crippen LogP contribution >= 0.6 is 24.0 Å². The normalized spacial score (nSPS) is 13.6. The fraction of sp³-hybridized carbons (Fsp3) is 0.556. The lowest BCUT2D eigenvalue weighted by molar-refractivity contribution is -0.122. The van der Waals surface area contributed by atoms with Crippen LogP contribution < -0.4 is 20.9 Å². The van der Waals surface area contributed by atoms with Gasteiger partial charge in [0.15, 0.2) is 5.96 Å². The van der Waals surface area contributed by atoms with Crippen molar-refractivity contribution in [3.05, 3.63) is 29.8 Å². The lowest BCUT2D eigenvalue weighted by Crippen LogP contribution is -2.41. The fourth-order valence-corrected chi connectivity index (χ4v) is 2.30. The van der Waals surface area contributed by atoms with Crippen molar-refractivity contribution in [2.24, 2.45) is 10.9 Å². The Bertz CT molecular complexity index is 572. The lowest BCUT2D eigenvalue weighted by Gasteiger charge is -2.14. The van der Waals surface area contributed by atoms with Gasteiger partial charge < -0.3 is 20.9 Å². The Balaban J connectivity index is 0.00000312. The highest BCUT2D eigenvalue weighted by molar-refractivity contribution is 14.0. The molecule has 140 valence electrons. The summed E-state index contributed by atoms with van der Waals surface area (Å²) in [5.74, 6) is 1.21. The van der Waals surface area contributed by atoms with E-state index < -0.39 is 0 Å². The average molecular weight is 459 g/mol. The molecule has 0 bridgehead atoms. The predicted octanol–water partition coefficient (Wildman–Crippen LogP) is 1.95. The van der Waals surface area contributed by atoms with Gasteiger partial charge in [-0.2, -0.15) is 0 Å². The average Bonchev–Trinajstić information content (AvgIpc) is 3.41. The molecular formula is C18H30IN5O. The SMILES string of the molecule is CCNC(=NCc1cccc(N(C)C)c1)NCCNC(=O)C1CC1.I. The van der Waals surface area contributed by atoms with Crippen LogP contribution in [0, 0.1) is 5.92 Å². The largest absolute Gasteiger partial charge is 0.378 e. The van der Waals surface area contributed by atoms with E-state index >= 15 is 0 Å². The Morgan fingerprint density at radius 2 is 1.92 bits per heavy atom. The van der Waals surface area contributed by atoms with Gasteiger partial charge in [-0.15, -0.1) is 24.0 Å². The van der Waals surface area contributed by atoms with Crippen LogP contribution in [0.15, 0.2) is 29.3 Å². The van der Waals surface area contributed by atoms with E-state index in [-0.39, 0.29) is 35.8 Å². The van der Waals surface area contributed by atoms with Crippen LogP contribution in [0.25, 0.3) is 0 Å². The predicted molar refractivity (Wildman–Crippen MR) is 115 cm³/mol. The number of carbonyl (C=O) groups excluding carboxylic acids is 1. The van der Waals surface area contributed by atoms with Gasteiger partial charge in [0.05, 0.1) is 6.54 Å². The number of amides is 1. The van der Waals surface area contributed by atoms with Crippen molar-refractivity contribution >= 4 is 41.5 Å². The Labute approximate surface area is 167 Å². The van der Waals surface area contributed by atoms with Crippen LogP contribution in [-0.4, -0.2) is 45.6 Å². The quantitative estimate of drug-likeness (QED) is 0.241.